The van der Waals surface area contributed by atoms with Crippen molar-refractivity contribution in [3.8, 4) is 0 Å². The lowest BCUT2D eigenvalue weighted by molar-refractivity contribution is 0.0209. The van der Waals surface area contributed by atoms with Crippen LogP contribution in [0.4, 0.5) is 0 Å². The van der Waals surface area contributed by atoms with Gasteiger partial charge < -0.3 is 4.74 Å². The minimum Gasteiger partial charge on any atom is -0.378 e. The fraction of sp³-hybridized carbons (Fsp3) is 1.00. The molecule has 0 saturated carbocycles. The predicted octanol–water partition coefficient (Wildman–Crippen LogP) is 3.08. The zero-order chi connectivity index (χ0) is 8.85. The van der Waals surface area contributed by atoms with Crippen LogP contribution >= 0.6 is 15.9 Å². The van der Waals surface area contributed by atoms with Crippen molar-refractivity contribution in [2.45, 2.75) is 33.8 Å². The van der Waals surface area contributed by atoms with Crippen LogP contribution < -0.4 is 0 Å². The Morgan fingerprint density at radius 3 is 2.09 bits per heavy atom. The van der Waals surface area contributed by atoms with Gasteiger partial charge >= 0.3 is 0 Å². The van der Waals surface area contributed by atoms with E-state index in [9.17, 15) is 0 Å². The Morgan fingerprint density at radius 2 is 1.73 bits per heavy atom. The molecule has 0 bridgehead atoms. The highest BCUT2D eigenvalue weighted by atomic mass is 79.9. The Kier molecular flexibility index (Phi) is 6.25. The Hall–Kier alpha value is 0.440. The van der Waals surface area contributed by atoms with Crippen LogP contribution in [0.3, 0.4) is 0 Å². The number of hydrogen-bond acceptors (Lipinski definition) is 1. The maximum atomic E-state index is 5.63. The molecule has 0 radical (unpaired) electrons. The summed E-state index contributed by atoms with van der Waals surface area (Å²) in [6, 6.07) is 0. The lowest BCUT2D eigenvalue weighted by Crippen LogP contribution is -2.19. The Balaban J connectivity index is 3.37. The van der Waals surface area contributed by atoms with E-state index in [1.807, 2.05) is 0 Å². The average molecular weight is 223 g/mol. The molecule has 68 valence electrons. The lowest BCUT2D eigenvalue weighted by atomic mass is 10.1. The van der Waals surface area contributed by atoms with Crippen LogP contribution in [-0.2, 0) is 4.74 Å². The quantitative estimate of drug-likeness (QED) is 0.651. The second-order valence-electron chi connectivity index (χ2n) is 3.54. The van der Waals surface area contributed by atoms with Gasteiger partial charge in [0.1, 0.15) is 0 Å². The third-order valence-corrected chi connectivity index (χ3v) is 2.95. The first-order chi connectivity index (χ1) is 5.07. The summed E-state index contributed by atoms with van der Waals surface area (Å²) in [4.78, 5) is 0. The van der Waals surface area contributed by atoms with Crippen LogP contribution in [0.1, 0.15) is 27.7 Å². The van der Waals surface area contributed by atoms with Crippen LogP contribution in [0.5, 0.6) is 0 Å². The molecule has 2 unspecified atom stereocenters. The Labute approximate surface area is 78.6 Å². The number of halogens is 1. The molecule has 0 aliphatic carbocycles. The van der Waals surface area contributed by atoms with E-state index in [0.29, 0.717) is 17.9 Å². The summed E-state index contributed by atoms with van der Waals surface area (Å²) >= 11 is 3.42. The van der Waals surface area contributed by atoms with Gasteiger partial charge in [0.25, 0.3) is 0 Å². The molecule has 0 aromatic carbocycles. The summed E-state index contributed by atoms with van der Waals surface area (Å²) in [5.41, 5.74) is 0. The number of ether oxygens (including phenoxy) is 1. The smallest absolute Gasteiger partial charge is 0.0570 e. The SMILES string of the molecule is CC(CBr)COC(C)C(C)C. The molecule has 0 aliphatic rings. The molecule has 2 atom stereocenters. The molecule has 0 aromatic heterocycles. The monoisotopic (exact) mass is 222 g/mol. The van der Waals surface area contributed by atoms with Gasteiger partial charge in [-0.1, -0.05) is 36.7 Å². The van der Waals surface area contributed by atoms with Crippen molar-refractivity contribution in [1.82, 2.24) is 0 Å². The molecular formula is C9H19BrO. The van der Waals surface area contributed by atoms with Crippen molar-refractivity contribution < 1.29 is 4.74 Å². The predicted molar refractivity (Wildman–Crippen MR) is 53.2 cm³/mol. The fourth-order valence-corrected chi connectivity index (χ4v) is 0.740. The van der Waals surface area contributed by atoms with Crippen LogP contribution in [0.15, 0.2) is 0 Å². The molecule has 0 aromatic rings. The first-order valence-electron chi connectivity index (χ1n) is 4.25. The van der Waals surface area contributed by atoms with E-state index < -0.39 is 0 Å². The highest BCUT2D eigenvalue weighted by Gasteiger charge is 2.08. The van der Waals surface area contributed by atoms with Gasteiger partial charge in [0.05, 0.1) is 12.7 Å². The van der Waals surface area contributed by atoms with Crippen LogP contribution in [-0.4, -0.2) is 18.0 Å². The van der Waals surface area contributed by atoms with E-state index in [0.717, 1.165) is 11.9 Å². The van der Waals surface area contributed by atoms with Gasteiger partial charge in [0, 0.05) is 5.33 Å². The molecule has 0 N–H and O–H groups in total. The van der Waals surface area contributed by atoms with Crippen molar-refractivity contribution in [2.75, 3.05) is 11.9 Å². The van der Waals surface area contributed by atoms with Gasteiger partial charge in [-0.2, -0.15) is 0 Å². The van der Waals surface area contributed by atoms with Crippen molar-refractivity contribution in [2.24, 2.45) is 11.8 Å². The summed E-state index contributed by atoms with van der Waals surface area (Å²) in [7, 11) is 0. The van der Waals surface area contributed by atoms with E-state index in [-0.39, 0.29) is 0 Å². The average Bonchev–Trinajstić information content (AvgIpc) is 1.99. The topological polar surface area (TPSA) is 9.23 Å². The van der Waals surface area contributed by atoms with E-state index in [1.54, 1.807) is 0 Å². The van der Waals surface area contributed by atoms with Gasteiger partial charge in [-0.25, -0.2) is 0 Å². The third-order valence-electron chi connectivity index (χ3n) is 1.85. The fourth-order valence-electron chi connectivity index (χ4n) is 0.553. The minimum absolute atomic E-state index is 0.386. The molecule has 2 heteroatoms. The first-order valence-corrected chi connectivity index (χ1v) is 5.37. The Bertz CT molecular complexity index is 93.6. The standard InChI is InChI=1S/C9H19BrO/c1-7(2)9(4)11-6-8(3)5-10/h7-9H,5-6H2,1-4H3. The van der Waals surface area contributed by atoms with Crippen LogP contribution in [0.25, 0.3) is 0 Å². The van der Waals surface area contributed by atoms with Gasteiger partial charge in [-0.05, 0) is 18.8 Å². The largest absolute Gasteiger partial charge is 0.378 e. The van der Waals surface area contributed by atoms with Crippen molar-refractivity contribution in [1.29, 1.82) is 0 Å². The summed E-state index contributed by atoms with van der Waals surface area (Å²) in [5, 5.41) is 1.03. The second-order valence-corrected chi connectivity index (χ2v) is 4.19. The lowest BCUT2D eigenvalue weighted by Gasteiger charge is -2.18. The highest BCUT2D eigenvalue weighted by Crippen LogP contribution is 2.08. The van der Waals surface area contributed by atoms with Crippen LogP contribution in [0.2, 0.25) is 0 Å². The number of rotatable bonds is 5. The van der Waals surface area contributed by atoms with E-state index in [1.165, 1.54) is 0 Å². The van der Waals surface area contributed by atoms with Gasteiger partial charge in [0.15, 0.2) is 0 Å². The van der Waals surface area contributed by atoms with Crippen molar-refractivity contribution in [3.05, 3.63) is 0 Å². The summed E-state index contributed by atoms with van der Waals surface area (Å²) < 4.78 is 5.63. The minimum atomic E-state index is 0.386. The molecule has 11 heavy (non-hydrogen) atoms. The highest BCUT2D eigenvalue weighted by molar-refractivity contribution is 9.09. The molecule has 0 aliphatic heterocycles. The van der Waals surface area contributed by atoms with Crippen molar-refractivity contribution >= 4 is 15.9 Å². The summed E-state index contributed by atoms with van der Waals surface area (Å²) in [6.07, 6.45) is 0.386. The second kappa shape index (κ2) is 6.01. The van der Waals surface area contributed by atoms with Crippen LogP contribution in [0, 0.1) is 11.8 Å². The molecule has 0 heterocycles. The van der Waals surface area contributed by atoms with E-state index in [2.05, 4.69) is 43.6 Å². The normalized spacial score (nSPS) is 16.9. The molecule has 0 fully saturated rings. The molecule has 0 rings (SSSR count). The summed E-state index contributed by atoms with van der Waals surface area (Å²) in [5.74, 6) is 1.24. The van der Waals surface area contributed by atoms with E-state index >= 15 is 0 Å². The number of alkyl halides is 1. The zero-order valence-electron chi connectivity index (χ0n) is 7.93. The third kappa shape index (κ3) is 5.68. The van der Waals surface area contributed by atoms with Gasteiger partial charge in [-0.3, -0.25) is 0 Å². The number of hydrogen-bond donors (Lipinski definition) is 0. The summed E-state index contributed by atoms with van der Waals surface area (Å²) in [6.45, 7) is 9.55. The molecular weight excluding hydrogens is 204 g/mol. The first kappa shape index (κ1) is 11.4. The maximum Gasteiger partial charge on any atom is 0.0570 e. The molecule has 0 saturated heterocycles. The van der Waals surface area contributed by atoms with E-state index in [4.69, 9.17) is 4.74 Å². The maximum absolute atomic E-state index is 5.63. The zero-order valence-corrected chi connectivity index (χ0v) is 9.52. The molecule has 0 amide bonds. The molecule has 1 nitrogen and oxygen atoms in total. The van der Waals surface area contributed by atoms with Crippen molar-refractivity contribution in [3.63, 3.8) is 0 Å². The molecule has 0 spiro atoms. The Morgan fingerprint density at radius 1 is 1.18 bits per heavy atom. The van der Waals surface area contributed by atoms with Gasteiger partial charge in [-0.15, -0.1) is 0 Å². The van der Waals surface area contributed by atoms with Gasteiger partial charge in [0.2, 0.25) is 0 Å².